The van der Waals surface area contributed by atoms with Crippen molar-refractivity contribution in [3.63, 3.8) is 0 Å². The van der Waals surface area contributed by atoms with E-state index < -0.39 is 22.8 Å². The Bertz CT molecular complexity index is 736. The van der Waals surface area contributed by atoms with E-state index in [1.807, 2.05) is 0 Å². The molecule has 0 atom stereocenters. The van der Waals surface area contributed by atoms with Gasteiger partial charge in [-0.25, -0.2) is 4.79 Å². The Morgan fingerprint density at radius 2 is 1.50 bits per heavy atom. The maximum Gasteiger partial charge on any atom is 0.417 e. The number of rotatable bonds is 17. The summed E-state index contributed by atoms with van der Waals surface area (Å²) in [5, 5.41) is 4.68. The normalized spacial score (nSPS) is 11.3. The molecule has 0 bridgehead atoms. The molecule has 0 unspecified atom stereocenters. The van der Waals surface area contributed by atoms with Crippen LogP contribution in [0, 0.1) is 0 Å². The molecule has 0 heterocycles. The van der Waals surface area contributed by atoms with E-state index in [0.29, 0.717) is 12.3 Å². The largest absolute Gasteiger partial charge is 0.468 e. The molecule has 1 aromatic rings. The predicted molar refractivity (Wildman–Crippen MR) is 134 cm³/mol. The molecule has 0 saturated carbocycles. The second-order valence-corrected chi connectivity index (χ2v) is 9.60. The molecule has 194 valence electrons. The van der Waals surface area contributed by atoms with Crippen LogP contribution in [0.5, 0.6) is 0 Å². The van der Waals surface area contributed by atoms with Gasteiger partial charge in [-0.2, -0.15) is 24.9 Å². The van der Waals surface area contributed by atoms with Crippen molar-refractivity contribution in [1.82, 2.24) is 5.32 Å². The van der Waals surface area contributed by atoms with E-state index in [1.165, 1.54) is 58.1 Å². The summed E-state index contributed by atoms with van der Waals surface area (Å²) in [7, 11) is 1.41. The molecule has 1 rings (SSSR count). The predicted octanol–water partition coefficient (Wildman–Crippen LogP) is 7.68. The number of unbranched alkanes of at least 4 members (excludes halogenated alkanes) is 10. The summed E-state index contributed by atoms with van der Waals surface area (Å²) >= 11 is 7.20. The molecule has 1 aromatic carbocycles. The van der Waals surface area contributed by atoms with E-state index in [4.69, 9.17) is 11.6 Å². The number of carbonyl (C=O) groups excluding carboxylic acids is 2. The third kappa shape index (κ3) is 14.6. The molecule has 0 aromatic heterocycles. The van der Waals surface area contributed by atoms with Crippen molar-refractivity contribution < 1.29 is 27.5 Å². The molecule has 10 heteroatoms. The first kappa shape index (κ1) is 30.4. The maximum absolute atomic E-state index is 12.9. The number of nitrogens with one attached hydrogen (secondary N) is 2. The van der Waals surface area contributed by atoms with Crippen LogP contribution in [0.15, 0.2) is 18.2 Å². The third-order valence-corrected chi connectivity index (χ3v) is 6.57. The summed E-state index contributed by atoms with van der Waals surface area (Å²) < 4.78 is 43.2. The minimum Gasteiger partial charge on any atom is -0.468 e. The van der Waals surface area contributed by atoms with Gasteiger partial charge >= 0.3 is 18.2 Å². The molecular weight excluding hydrogens is 489 g/mol. The van der Waals surface area contributed by atoms with Crippen LogP contribution < -0.4 is 10.6 Å². The van der Waals surface area contributed by atoms with Crippen LogP contribution in [0.3, 0.4) is 0 Å². The summed E-state index contributed by atoms with van der Waals surface area (Å²) in [5.41, 5.74) is -0.926. The van der Waals surface area contributed by atoms with Crippen molar-refractivity contribution in [3.8, 4) is 0 Å². The van der Waals surface area contributed by atoms with Crippen LogP contribution in [0.2, 0.25) is 5.02 Å². The lowest BCUT2D eigenvalue weighted by atomic mass is 10.1. The van der Waals surface area contributed by atoms with Crippen molar-refractivity contribution >= 4 is 41.1 Å². The number of esters is 1. The zero-order chi connectivity index (χ0) is 25.2. The van der Waals surface area contributed by atoms with E-state index in [2.05, 4.69) is 15.4 Å². The molecule has 34 heavy (non-hydrogen) atoms. The molecule has 5 nitrogen and oxygen atoms in total. The monoisotopic (exact) mass is 524 g/mol. The molecule has 0 radical (unpaired) electrons. The second kappa shape index (κ2) is 17.8. The van der Waals surface area contributed by atoms with Gasteiger partial charge in [0.2, 0.25) is 0 Å². The van der Waals surface area contributed by atoms with Crippen molar-refractivity contribution in [2.75, 3.05) is 30.5 Å². The summed E-state index contributed by atoms with van der Waals surface area (Å²) in [4.78, 5) is 22.9. The number of urea groups is 1. The highest BCUT2D eigenvalue weighted by Crippen LogP contribution is 2.36. The van der Waals surface area contributed by atoms with Gasteiger partial charge in [-0.15, -0.1) is 0 Å². The van der Waals surface area contributed by atoms with Gasteiger partial charge in [-0.1, -0.05) is 69.4 Å². The minimum atomic E-state index is -4.57. The first-order valence-electron chi connectivity index (χ1n) is 11.8. The summed E-state index contributed by atoms with van der Waals surface area (Å²) in [6, 6.07) is 2.76. The van der Waals surface area contributed by atoms with Crippen molar-refractivity contribution in [2.24, 2.45) is 0 Å². The summed E-state index contributed by atoms with van der Waals surface area (Å²) in [6.07, 6.45) is 8.06. The highest BCUT2D eigenvalue weighted by molar-refractivity contribution is 7.99. The van der Waals surface area contributed by atoms with Crippen molar-refractivity contribution in [3.05, 3.63) is 28.8 Å². The van der Waals surface area contributed by atoms with Crippen LogP contribution in [0.1, 0.15) is 76.2 Å². The first-order valence-corrected chi connectivity index (χ1v) is 13.3. The molecule has 0 saturated heterocycles. The van der Waals surface area contributed by atoms with E-state index in [1.54, 1.807) is 11.8 Å². The Morgan fingerprint density at radius 3 is 2.06 bits per heavy atom. The van der Waals surface area contributed by atoms with Crippen LogP contribution in [0.4, 0.5) is 23.7 Å². The molecule has 2 amide bonds. The van der Waals surface area contributed by atoms with E-state index in [-0.39, 0.29) is 11.7 Å². The SMILES string of the molecule is COC(=O)CSCCCCCCCCCCCCCNC(=O)Nc1ccc(Cl)c(C(F)(F)F)c1. The van der Waals surface area contributed by atoms with Gasteiger partial charge < -0.3 is 15.4 Å². The van der Waals surface area contributed by atoms with Crippen LogP contribution in [-0.2, 0) is 15.7 Å². The molecule has 0 fully saturated rings. The fourth-order valence-electron chi connectivity index (χ4n) is 3.33. The Morgan fingerprint density at radius 1 is 0.941 bits per heavy atom. The first-order chi connectivity index (χ1) is 16.2. The molecule has 2 N–H and O–H groups in total. The van der Waals surface area contributed by atoms with E-state index >= 15 is 0 Å². The molecule has 0 aliphatic rings. The van der Waals surface area contributed by atoms with Crippen molar-refractivity contribution in [1.29, 1.82) is 0 Å². The molecule has 0 spiro atoms. The van der Waals surface area contributed by atoms with E-state index in [0.717, 1.165) is 43.6 Å². The number of ether oxygens (including phenoxy) is 1. The molecular formula is C24H36ClF3N2O3S. The highest BCUT2D eigenvalue weighted by atomic mass is 35.5. The zero-order valence-electron chi connectivity index (χ0n) is 19.8. The van der Waals surface area contributed by atoms with Gasteiger partial charge in [0, 0.05) is 12.2 Å². The Balaban J connectivity index is 1.94. The Kier molecular flexibility index (Phi) is 15.9. The number of amides is 2. The van der Waals surface area contributed by atoms with Crippen molar-refractivity contribution in [2.45, 2.75) is 76.8 Å². The average Bonchev–Trinajstić information content (AvgIpc) is 2.79. The third-order valence-electron chi connectivity index (χ3n) is 5.23. The van der Waals surface area contributed by atoms with Gasteiger partial charge in [0.25, 0.3) is 0 Å². The fourth-order valence-corrected chi connectivity index (χ4v) is 4.39. The van der Waals surface area contributed by atoms with Gasteiger partial charge in [0.15, 0.2) is 0 Å². The van der Waals surface area contributed by atoms with Crippen LogP contribution in [-0.4, -0.2) is 37.2 Å². The van der Waals surface area contributed by atoms with Crippen LogP contribution in [0.25, 0.3) is 0 Å². The lowest BCUT2D eigenvalue weighted by Crippen LogP contribution is -2.29. The van der Waals surface area contributed by atoms with Crippen LogP contribution >= 0.6 is 23.4 Å². The summed E-state index contributed by atoms with van der Waals surface area (Å²) in [6.45, 7) is 0.476. The highest BCUT2D eigenvalue weighted by Gasteiger charge is 2.33. The number of hydrogen-bond acceptors (Lipinski definition) is 4. The number of thioether (sulfide) groups is 1. The minimum absolute atomic E-state index is 0.0479. The number of anilines is 1. The maximum atomic E-state index is 12.9. The standard InChI is InChI=1S/C24H36ClF3N2O3S/c1-33-22(31)18-34-16-12-10-8-6-4-2-3-5-7-9-11-15-29-23(32)30-19-13-14-21(25)20(17-19)24(26,27)28/h13-14,17H,2-12,15-16,18H2,1H3,(H2,29,30,32). The average molecular weight is 525 g/mol. The van der Waals surface area contributed by atoms with Gasteiger partial charge in [0.1, 0.15) is 0 Å². The topological polar surface area (TPSA) is 67.4 Å². The number of hydrogen-bond donors (Lipinski definition) is 2. The van der Waals surface area contributed by atoms with Gasteiger partial charge in [-0.05, 0) is 36.8 Å². The Labute approximate surface area is 209 Å². The van der Waals surface area contributed by atoms with Gasteiger partial charge in [0.05, 0.1) is 23.4 Å². The summed E-state index contributed by atoms with van der Waals surface area (Å²) in [5.74, 6) is 1.29. The smallest absolute Gasteiger partial charge is 0.417 e. The number of benzene rings is 1. The lowest BCUT2D eigenvalue weighted by Gasteiger charge is -2.12. The number of carbonyl (C=O) groups is 2. The zero-order valence-corrected chi connectivity index (χ0v) is 21.3. The second-order valence-electron chi connectivity index (χ2n) is 8.09. The number of methoxy groups -OCH3 is 1. The quantitative estimate of drug-likeness (QED) is 0.162. The molecule has 0 aliphatic heterocycles. The number of halogens is 4. The number of alkyl halides is 3. The molecule has 0 aliphatic carbocycles. The van der Waals surface area contributed by atoms with Gasteiger partial charge in [-0.3, -0.25) is 4.79 Å². The Hall–Kier alpha value is -1.61. The lowest BCUT2D eigenvalue weighted by molar-refractivity contribution is -0.138. The van der Waals surface area contributed by atoms with E-state index in [9.17, 15) is 22.8 Å². The fraction of sp³-hybridized carbons (Fsp3) is 0.667.